The van der Waals surface area contributed by atoms with Gasteiger partial charge in [-0.05, 0) is 42.0 Å². The first-order valence-electron chi connectivity index (χ1n) is 9.23. The first kappa shape index (κ1) is 19.3. The van der Waals surface area contributed by atoms with E-state index in [4.69, 9.17) is 9.15 Å². The number of amides is 1. The molecule has 1 unspecified atom stereocenters. The highest BCUT2D eigenvalue weighted by Crippen LogP contribution is 2.41. The number of ether oxygens (including phenoxy) is 1. The SMILES string of the molecule is COc1cccc(/C(O)=C2\C(=O)C(=O)N(Cc3ccco3)C2c2cccc(O)c2)c1. The van der Waals surface area contributed by atoms with Gasteiger partial charge in [0.05, 0.1) is 31.5 Å². The van der Waals surface area contributed by atoms with Gasteiger partial charge in [-0.3, -0.25) is 9.59 Å². The molecule has 1 amide bonds. The van der Waals surface area contributed by atoms with Gasteiger partial charge in [0.2, 0.25) is 0 Å². The third-order valence-electron chi connectivity index (χ3n) is 4.98. The highest BCUT2D eigenvalue weighted by Gasteiger charge is 2.46. The average Bonchev–Trinajstić information content (AvgIpc) is 3.35. The monoisotopic (exact) mass is 405 g/mol. The number of hydrogen-bond donors (Lipinski definition) is 2. The number of ketones is 1. The van der Waals surface area contributed by atoms with Crippen LogP contribution in [-0.2, 0) is 16.1 Å². The quantitative estimate of drug-likeness (QED) is 0.382. The number of nitrogens with zero attached hydrogens (tertiary/aromatic N) is 1. The van der Waals surface area contributed by atoms with Crippen molar-refractivity contribution in [3.8, 4) is 11.5 Å². The lowest BCUT2D eigenvalue weighted by Crippen LogP contribution is -2.29. The number of hydrogen-bond acceptors (Lipinski definition) is 6. The Bertz CT molecular complexity index is 1130. The number of aromatic hydroxyl groups is 1. The van der Waals surface area contributed by atoms with Crippen molar-refractivity contribution in [2.75, 3.05) is 7.11 Å². The summed E-state index contributed by atoms with van der Waals surface area (Å²) in [5.74, 6) is -0.916. The van der Waals surface area contributed by atoms with Crippen molar-refractivity contribution in [1.29, 1.82) is 0 Å². The molecule has 2 heterocycles. The van der Waals surface area contributed by atoms with E-state index in [-0.39, 0.29) is 23.6 Å². The fourth-order valence-electron chi connectivity index (χ4n) is 3.58. The Balaban J connectivity index is 1.88. The number of carbonyl (C=O) groups is 2. The van der Waals surface area contributed by atoms with Crippen LogP contribution in [0.25, 0.3) is 5.76 Å². The number of methoxy groups -OCH3 is 1. The van der Waals surface area contributed by atoms with Crippen LogP contribution < -0.4 is 4.74 Å². The Morgan fingerprint density at radius 2 is 1.90 bits per heavy atom. The van der Waals surface area contributed by atoms with Crippen LogP contribution in [-0.4, -0.2) is 33.9 Å². The van der Waals surface area contributed by atoms with Gasteiger partial charge in [0.15, 0.2) is 0 Å². The maximum atomic E-state index is 12.9. The van der Waals surface area contributed by atoms with Crippen molar-refractivity contribution in [3.63, 3.8) is 0 Å². The van der Waals surface area contributed by atoms with E-state index in [0.717, 1.165) is 0 Å². The minimum Gasteiger partial charge on any atom is -0.508 e. The molecule has 3 aromatic rings. The van der Waals surface area contributed by atoms with E-state index < -0.39 is 17.7 Å². The van der Waals surface area contributed by atoms with Crippen molar-refractivity contribution in [3.05, 3.63) is 89.4 Å². The van der Waals surface area contributed by atoms with Gasteiger partial charge in [0, 0.05) is 5.56 Å². The van der Waals surface area contributed by atoms with Crippen molar-refractivity contribution < 1.29 is 29.0 Å². The normalized spacial score (nSPS) is 18.0. The number of Topliss-reactive ketones (excluding diaryl/α,β-unsaturated/α-hetero) is 1. The molecule has 1 aliphatic heterocycles. The molecule has 152 valence electrons. The molecule has 2 N–H and O–H groups in total. The highest BCUT2D eigenvalue weighted by molar-refractivity contribution is 6.46. The zero-order chi connectivity index (χ0) is 21.3. The number of phenolic OH excluding ortho intramolecular Hbond substituents is 1. The second-order valence-electron chi connectivity index (χ2n) is 6.83. The summed E-state index contributed by atoms with van der Waals surface area (Å²) < 4.78 is 10.5. The van der Waals surface area contributed by atoms with Gasteiger partial charge in [-0.15, -0.1) is 0 Å². The van der Waals surface area contributed by atoms with Crippen molar-refractivity contribution >= 4 is 17.4 Å². The summed E-state index contributed by atoms with van der Waals surface area (Å²) in [6.45, 7) is 0.0345. The van der Waals surface area contributed by atoms with Crippen molar-refractivity contribution in [1.82, 2.24) is 4.90 Å². The van der Waals surface area contributed by atoms with Crippen LogP contribution in [0.15, 0.2) is 76.9 Å². The summed E-state index contributed by atoms with van der Waals surface area (Å²) >= 11 is 0. The zero-order valence-corrected chi connectivity index (χ0v) is 16.1. The Kier molecular flexibility index (Phi) is 5.02. The Morgan fingerprint density at radius 1 is 1.10 bits per heavy atom. The van der Waals surface area contributed by atoms with Crippen LogP contribution in [0.2, 0.25) is 0 Å². The lowest BCUT2D eigenvalue weighted by Gasteiger charge is -2.24. The van der Waals surface area contributed by atoms with E-state index in [2.05, 4.69) is 0 Å². The molecule has 0 aliphatic carbocycles. The predicted octanol–water partition coefficient (Wildman–Crippen LogP) is 3.62. The molecule has 7 heteroatoms. The molecule has 7 nitrogen and oxygen atoms in total. The third-order valence-corrected chi connectivity index (χ3v) is 4.98. The number of furan rings is 1. The smallest absolute Gasteiger partial charge is 0.296 e. The van der Waals surface area contributed by atoms with E-state index >= 15 is 0 Å². The second kappa shape index (κ2) is 7.79. The second-order valence-corrected chi connectivity index (χ2v) is 6.83. The van der Waals surface area contributed by atoms with Crippen molar-refractivity contribution in [2.45, 2.75) is 12.6 Å². The summed E-state index contributed by atoms with van der Waals surface area (Å²) in [6, 6.07) is 15.3. The largest absolute Gasteiger partial charge is 0.508 e. The summed E-state index contributed by atoms with van der Waals surface area (Å²) in [5, 5.41) is 21.0. The molecular formula is C23H19NO6. The Morgan fingerprint density at radius 3 is 2.60 bits per heavy atom. The number of likely N-dealkylation sites (tertiary alicyclic amines) is 1. The number of benzene rings is 2. The summed E-state index contributed by atoms with van der Waals surface area (Å²) in [6.07, 6.45) is 1.48. The molecule has 0 bridgehead atoms. The molecule has 4 rings (SSSR count). The molecule has 1 saturated heterocycles. The molecule has 1 aromatic heterocycles. The molecule has 0 saturated carbocycles. The van der Waals surface area contributed by atoms with Crippen LogP contribution >= 0.6 is 0 Å². The maximum absolute atomic E-state index is 12.9. The van der Waals surface area contributed by atoms with E-state index in [1.807, 2.05) is 0 Å². The molecule has 0 radical (unpaired) electrons. The Hall–Kier alpha value is -4.00. The molecular weight excluding hydrogens is 386 g/mol. The average molecular weight is 405 g/mol. The van der Waals surface area contributed by atoms with Gasteiger partial charge >= 0.3 is 0 Å². The van der Waals surface area contributed by atoms with Gasteiger partial charge in [-0.1, -0.05) is 24.3 Å². The summed E-state index contributed by atoms with van der Waals surface area (Å²) in [4.78, 5) is 27.1. The molecule has 1 fully saturated rings. The van der Waals surface area contributed by atoms with E-state index in [1.165, 1.54) is 30.4 Å². The van der Waals surface area contributed by atoms with Gasteiger partial charge in [-0.2, -0.15) is 0 Å². The number of phenols is 1. The molecule has 1 atom stereocenters. The first-order valence-corrected chi connectivity index (χ1v) is 9.23. The minimum absolute atomic E-state index is 0.0162. The lowest BCUT2D eigenvalue weighted by atomic mass is 9.95. The van der Waals surface area contributed by atoms with E-state index in [9.17, 15) is 19.8 Å². The van der Waals surface area contributed by atoms with E-state index in [0.29, 0.717) is 22.6 Å². The standard InChI is InChI=1S/C23H19NO6/c1-29-17-8-3-6-15(12-17)21(26)19-20(14-5-2-7-16(25)11-14)24(23(28)22(19)27)13-18-9-4-10-30-18/h2-12,20,25-26H,13H2,1H3/b21-19+. The molecule has 30 heavy (non-hydrogen) atoms. The number of aliphatic hydroxyl groups excluding tert-OH is 1. The van der Waals surface area contributed by atoms with Gasteiger partial charge in [-0.25, -0.2) is 0 Å². The number of rotatable bonds is 5. The fraction of sp³-hybridized carbons (Fsp3) is 0.130. The Labute approximate surface area is 172 Å². The number of aliphatic hydroxyl groups is 1. The van der Waals surface area contributed by atoms with E-state index in [1.54, 1.807) is 48.5 Å². The van der Waals surface area contributed by atoms with Crippen LogP contribution in [0, 0.1) is 0 Å². The minimum atomic E-state index is -0.895. The zero-order valence-electron chi connectivity index (χ0n) is 16.1. The van der Waals surface area contributed by atoms with Crippen LogP contribution in [0.5, 0.6) is 11.5 Å². The van der Waals surface area contributed by atoms with Crippen molar-refractivity contribution in [2.24, 2.45) is 0 Å². The van der Waals surface area contributed by atoms with Gasteiger partial charge < -0.3 is 24.3 Å². The molecule has 0 spiro atoms. The van der Waals surface area contributed by atoms with Gasteiger partial charge in [0.25, 0.3) is 11.7 Å². The summed E-state index contributed by atoms with van der Waals surface area (Å²) in [5.41, 5.74) is 0.770. The van der Waals surface area contributed by atoms with Crippen LogP contribution in [0.1, 0.15) is 22.9 Å². The predicted molar refractivity (Wildman–Crippen MR) is 108 cm³/mol. The molecule has 1 aliphatic rings. The lowest BCUT2D eigenvalue weighted by molar-refractivity contribution is -0.140. The van der Waals surface area contributed by atoms with Gasteiger partial charge in [0.1, 0.15) is 23.0 Å². The number of carbonyl (C=O) groups excluding carboxylic acids is 2. The topological polar surface area (TPSA) is 100 Å². The highest BCUT2D eigenvalue weighted by atomic mass is 16.5. The van der Waals surface area contributed by atoms with Crippen LogP contribution in [0.3, 0.4) is 0 Å². The molecule has 2 aromatic carbocycles. The maximum Gasteiger partial charge on any atom is 0.296 e. The first-order chi connectivity index (χ1) is 14.5. The fourth-order valence-corrected chi connectivity index (χ4v) is 3.58. The third kappa shape index (κ3) is 3.41. The van der Waals surface area contributed by atoms with Crippen LogP contribution in [0.4, 0.5) is 0 Å². The summed E-state index contributed by atoms with van der Waals surface area (Å²) in [7, 11) is 1.49.